The van der Waals surface area contributed by atoms with Crippen LogP contribution in [0.4, 0.5) is 0 Å². The second-order valence-corrected chi connectivity index (χ2v) is 6.64. The Hall–Kier alpha value is -0.620. The molecule has 1 N–H and O–H groups in total. The van der Waals surface area contributed by atoms with Crippen molar-refractivity contribution < 1.29 is 0 Å². The lowest BCUT2D eigenvalue weighted by molar-refractivity contribution is 0.823. The summed E-state index contributed by atoms with van der Waals surface area (Å²) < 4.78 is 3.89. The first-order valence-electron chi connectivity index (χ1n) is 5.24. The lowest BCUT2D eigenvalue weighted by atomic mass is 10.3. The Morgan fingerprint density at radius 1 is 1.39 bits per heavy atom. The quantitative estimate of drug-likeness (QED) is 0.622. The predicted molar refractivity (Wildman–Crippen MR) is 83.3 cm³/mol. The van der Waals surface area contributed by atoms with Gasteiger partial charge in [0.05, 0.1) is 17.6 Å². The van der Waals surface area contributed by atoms with Crippen molar-refractivity contribution in [1.29, 1.82) is 0 Å². The molecule has 0 aliphatic rings. The van der Waals surface area contributed by atoms with Gasteiger partial charge < -0.3 is 9.55 Å². The summed E-state index contributed by atoms with van der Waals surface area (Å²) in [7, 11) is 0. The molecule has 0 unspecified atom stereocenters. The van der Waals surface area contributed by atoms with E-state index in [1.807, 2.05) is 18.2 Å². The largest absolute Gasteiger partial charge is 0.331 e. The monoisotopic (exact) mass is 358 g/mol. The van der Waals surface area contributed by atoms with Gasteiger partial charge in [-0.3, -0.25) is 0 Å². The first-order valence-corrected chi connectivity index (χ1v) is 7.70. The van der Waals surface area contributed by atoms with E-state index in [-0.39, 0.29) is 0 Å². The van der Waals surface area contributed by atoms with Crippen molar-refractivity contribution in [2.75, 3.05) is 0 Å². The molecule has 1 aromatic carbocycles. The summed E-state index contributed by atoms with van der Waals surface area (Å²) >= 11 is 16.6. The van der Waals surface area contributed by atoms with Crippen molar-refractivity contribution in [3.63, 3.8) is 0 Å². The van der Waals surface area contributed by atoms with Gasteiger partial charge in [-0.25, -0.2) is 0 Å². The van der Waals surface area contributed by atoms with Gasteiger partial charge in [-0.2, -0.15) is 0 Å². The molecular formula is C12H8BrClN2S2. The number of aromatic amines is 1. The van der Waals surface area contributed by atoms with Crippen LogP contribution in [0.2, 0.25) is 5.02 Å². The zero-order valence-corrected chi connectivity index (χ0v) is 13.1. The topological polar surface area (TPSA) is 20.7 Å². The number of nitrogens with one attached hydrogen (secondary N) is 1. The van der Waals surface area contributed by atoms with Crippen LogP contribution >= 0.6 is 51.1 Å². The summed E-state index contributed by atoms with van der Waals surface area (Å²) in [6.45, 7) is 0.759. The van der Waals surface area contributed by atoms with E-state index in [0.29, 0.717) is 0 Å². The van der Waals surface area contributed by atoms with Gasteiger partial charge in [-0.15, -0.1) is 11.3 Å². The lowest BCUT2D eigenvalue weighted by Crippen LogP contribution is -1.97. The minimum Gasteiger partial charge on any atom is -0.331 e. The molecule has 0 saturated carbocycles. The van der Waals surface area contributed by atoms with Crippen LogP contribution in [0, 0.1) is 4.77 Å². The summed E-state index contributed by atoms with van der Waals surface area (Å²) in [6.07, 6.45) is 0. The molecule has 3 rings (SSSR count). The highest BCUT2D eigenvalue weighted by Crippen LogP contribution is 2.24. The lowest BCUT2D eigenvalue weighted by Gasteiger charge is -2.02. The maximum atomic E-state index is 6.04. The Morgan fingerprint density at radius 3 is 2.94 bits per heavy atom. The zero-order valence-electron chi connectivity index (χ0n) is 9.11. The van der Waals surface area contributed by atoms with Crippen molar-refractivity contribution in [3.05, 3.63) is 48.8 Å². The molecule has 3 aromatic rings. The molecule has 0 aliphatic carbocycles. The SMILES string of the molecule is S=c1[nH]c2ccc(Cl)cc2n1Cc1cc(Br)cs1. The highest BCUT2D eigenvalue weighted by molar-refractivity contribution is 9.10. The van der Waals surface area contributed by atoms with Gasteiger partial charge in [0.1, 0.15) is 0 Å². The van der Waals surface area contributed by atoms with E-state index in [4.69, 9.17) is 23.8 Å². The molecule has 0 aliphatic heterocycles. The van der Waals surface area contributed by atoms with Crippen molar-refractivity contribution in [3.8, 4) is 0 Å². The van der Waals surface area contributed by atoms with E-state index in [9.17, 15) is 0 Å². The molecule has 92 valence electrons. The predicted octanol–water partition coefficient (Wildman–Crippen LogP) is 5.22. The van der Waals surface area contributed by atoms with E-state index in [1.165, 1.54) is 4.88 Å². The first kappa shape index (κ1) is 12.4. The number of thiophene rings is 1. The average Bonchev–Trinajstić information content (AvgIpc) is 2.86. The molecule has 0 amide bonds. The third-order valence-electron chi connectivity index (χ3n) is 2.67. The average molecular weight is 360 g/mol. The molecule has 0 radical (unpaired) electrons. The van der Waals surface area contributed by atoms with Gasteiger partial charge >= 0.3 is 0 Å². The fourth-order valence-corrected chi connectivity index (χ4v) is 3.75. The van der Waals surface area contributed by atoms with Gasteiger partial charge in [0, 0.05) is 19.8 Å². The number of nitrogens with zero attached hydrogens (tertiary/aromatic N) is 1. The standard InChI is InChI=1S/C12H8BrClN2S2/c13-7-3-9(18-6-7)5-16-11-4-8(14)1-2-10(11)15-12(16)17/h1-4,6H,5H2,(H,15,17). The summed E-state index contributed by atoms with van der Waals surface area (Å²) in [4.78, 5) is 4.44. The molecule has 2 aromatic heterocycles. The molecule has 0 atom stereocenters. The van der Waals surface area contributed by atoms with Crippen LogP contribution in [0.1, 0.15) is 4.88 Å². The zero-order chi connectivity index (χ0) is 12.7. The van der Waals surface area contributed by atoms with E-state index in [1.54, 1.807) is 11.3 Å². The minimum atomic E-state index is 0.719. The maximum absolute atomic E-state index is 6.04. The molecule has 2 heterocycles. The maximum Gasteiger partial charge on any atom is 0.178 e. The first-order chi connectivity index (χ1) is 8.63. The second kappa shape index (κ2) is 4.81. The number of H-pyrrole nitrogens is 1. The van der Waals surface area contributed by atoms with Gasteiger partial charge in [0.15, 0.2) is 4.77 Å². The summed E-state index contributed by atoms with van der Waals surface area (Å²) in [5.74, 6) is 0. The number of halogens is 2. The van der Waals surface area contributed by atoms with Crippen molar-refractivity contribution in [2.45, 2.75) is 6.54 Å². The third-order valence-corrected chi connectivity index (χ3v) is 4.91. The number of hydrogen-bond acceptors (Lipinski definition) is 2. The van der Waals surface area contributed by atoms with Crippen LogP contribution in [-0.4, -0.2) is 9.55 Å². The fraction of sp³-hybridized carbons (Fsp3) is 0.0833. The van der Waals surface area contributed by atoms with Crippen LogP contribution in [-0.2, 0) is 6.54 Å². The smallest absolute Gasteiger partial charge is 0.178 e. The van der Waals surface area contributed by atoms with Crippen molar-refractivity contribution in [2.24, 2.45) is 0 Å². The van der Waals surface area contributed by atoms with E-state index >= 15 is 0 Å². The van der Waals surface area contributed by atoms with Gasteiger partial charge in [0.25, 0.3) is 0 Å². The molecule has 18 heavy (non-hydrogen) atoms. The Morgan fingerprint density at radius 2 is 2.22 bits per heavy atom. The van der Waals surface area contributed by atoms with E-state index < -0.39 is 0 Å². The van der Waals surface area contributed by atoms with Crippen LogP contribution < -0.4 is 0 Å². The summed E-state index contributed by atoms with van der Waals surface area (Å²) in [5.41, 5.74) is 2.05. The van der Waals surface area contributed by atoms with Gasteiger partial charge in [-0.1, -0.05) is 11.6 Å². The number of aromatic nitrogens is 2. The molecular weight excluding hydrogens is 352 g/mol. The summed E-state index contributed by atoms with van der Waals surface area (Å²) in [5, 5.41) is 2.79. The summed E-state index contributed by atoms with van der Waals surface area (Å²) in [6, 6.07) is 7.86. The number of hydrogen-bond donors (Lipinski definition) is 1. The van der Waals surface area contributed by atoms with Crippen molar-refractivity contribution in [1.82, 2.24) is 9.55 Å². The third kappa shape index (κ3) is 2.28. The highest BCUT2D eigenvalue weighted by Gasteiger charge is 2.07. The minimum absolute atomic E-state index is 0.719. The van der Waals surface area contributed by atoms with Crippen molar-refractivity contribution >= 4 is 62.1 Å². The Balaban J connectivity index is 2.13. The van der Waals surface area contributed by atoms with Gasteiger partial charge in [-0.05, 0) is 52.4 Å². The van der Waals surface area contributed by atoms with Crippen LogP contribution in [0.25, 0.3) is 11.0 Å². The van der Waals surface area contributed by atoms with Crippen LogP contribution in [0.3, 0.4) is 0 Å². The normalized spacial score (nSPS) is 11.2. The molecule has 0 fully saturated rings. The Kier molecular flexibility index (Phi) is 3.32. The number of benzene rings is 1. The Labute approximate surface area is 126 Å². The second-order valence-electron chi connectivity index (χ2n) is 3.91. The molecule has 6 heteroatoms. The van der Waals surface area contributed by atoms with E-state index in [0.717, 1.165) is 31.8 Å². The molecule has 0 saturated heterocycles. The highest BCUT2D eigenvalue weighted by atomic mass is 79.9. The van der Waals surface area contributed by atoms with Gasteiger partial charge in [0.2, 0.25) is 0 Å². The molecule has 0 spiro atoms. The fourth-order valence-electron chi connectivity index (χ4n) is 1.88. The number of rotatable bonds is 2. The van der Waals surface area contributed by atoms with E-state index in [2.05, 4.69) is 36.9 Å². The van der Waals surface area contributed by atoms with Crippen LogP contribution in [0.15, 0.2) is 34.1 Å². The molecule has 0 bridgehead atoms. The molecule has 2 nitrogen and oxygen atoms in total. The number of imidazole rings is 1. The number of fused-ring (bicyclic) bond motifs is 1. The van der Waals surface area contributed by atoms with Crippen LogP contribution in [0.5, 0.6) is 0 Å². The Bertz CT molecular complexity index is 772.